The summed E-state index contributed by atoms with van der Waals surface area (Å²) in [6.45, 7) is 9.56. The van der Waals surface area contributed by atoms with E-state index in [2.05, 4.69) is 16.0 Å². The third-order valence-electron chi connectivity index (χ3n) is 2.63. The topological polar surface area (TPSA) is 53.2 Å². The molecule has 1 rings (SSSR count). The molecular formula is C12H25N3O. The van der Waals surface area contributed by atoms with Crippen molar-refractivity contribution in [3.8, 4) is 0 Å². The number of piperidine rings is 1. The largest absolute Gasteiger partial charge is 0.350 e. The molecule has 1 saturated heterocycles. The molecule has 1 unspecified atom stereocenters. The van der Waals surface area contributed by atoms with E-state index in [0.29, 0.717) is 12.5 Å². The maximum atomic E-state index is 11.5. The van der Waals surface area contributed by atoms with Gasteiger partial charge in [0.2, 0.25) is 5.91 Å². The van der Waals surface area contributed by atoms with Gasteiger partial charge >= 0.3 is 0 Å². The Hall–Kier alpha value is -0.610. The number of rotatable bonds is 4. The number of hydrogen-bond donors (Lipinski definition) is 3. The number of nitrogens with one attached hydrogen (secondary N) is 3. The van der Waals surface area contributed by atoms with E-state index in [1.165, 1.54) is 12.8 Å². The van der Waals surface area contributed by atoms with Crippen LogP contribution in [0.5, 0.6) is 0 Å². The summed E-state index contributed by atoms with van der Waals surface area (Å²) in [5.74, 6) is 0.757. The molecule has 0 bridgehead atoms. The number of carbonyl (C=O) groups is 1. The minimum atomic E-state index is -0.134. The van der Waals surface area contributed by atoms with Crippen molar-refractivity contribution in [2.45, 2.75) is 39.2 Å². The third-order valence-corrected chi connectivity index (χ3v) is 2.63. The van der Waals surface area contributed by atoms with E-state index < -0.39 is 0 Å². The highest BCUT2D eigenvalue weighted by Gasteiger charge is 2.15. The summed E-state index contributed by atoms with van der Waals surface area (Å²) in [6, 6.07) is 0. The average Bonchev–Trinajstić information content (AvgIpc) is 2.16. The lowest BCUT2D eigenvalue weighted by Crippen LogP contribution is -2.46. The van der Waals surface area contributed by atoms with Crippen LogP contribution in [0.15, 0.2) is 0 Å². The molecule has 1 atom stereocenters. The summed E-state index contributed by atoms with van der Waals surface area (Å²) in [4.78, 5) is 11.5. The number of hydrogen-bond acceptors (Lipinski definition) is 3. The number of carbonyl (C=O) groups excluding carboxylic acids is 1. The lowest BCUT2D eigenvalue weighted by molar-refractivity contribution is -0.121. The molecule has 0 spiro atoms. The first-order chi connectivity index (χ1) is 7.47. The Bertz CT molecular complexity index is 217. The molecule has 0 aromatic heterocycles. The Labute approximate surface area is 98.6 Å². The van der Waals surface area contributed by atoms with Crippen LogP contribution in [-0.4, -0.2) is 37.6 Å². The maximum Gasteiger partial charge on any atom is 0.234 e. The highest BCUT2D eigenvalue weighted by Crippen LogP contribution is 2.07. The molecule has 1 aliphatic rings. The molecule has 0 radical (unpaired) electrons. The molecule has 1 amide bonds. The van der Waals surface area contributed by atoms with E-state index in [9.17, 15) is 4.79 Å². The first-order valence-corrected chi connectivity index (χ1v) is 6.20. The summed E-state index contributed by atoms with van der Waals surface area (Å²) >= 11 is 0. The van der Waals surface area contributed by atoms with Crippen LogP contribution in [0.1, 0.15) is 33.6 Å². The van der Waals surface area contributed by atoms with Gasteiger partial charge in [-0.3, -0.25) is 4.79 Å². The van der Waals surface area contributed by atoms with Crippen molar-refractivity contribution in [3.05, 3.63) is 0 Å². The van der Waals surface area contributed by atoms with Crippen LogP contribution in [0.4, 0.5) is 0 Å². The molecule has 1 heterocycles. The fourth-order valence-electron chi connectivity index (χ4n) is 1.95. The average molecular weight is 227 g/mol. The summed E-state index contributed by atoms with van der Waals surface area (Å²) in [5, 5.41) is 9.54. The molecular weight excluding hydrogens is 202 g/mol. The van der Waals surface area contributed by atoms with Crippen molar-refractivity contribution >= 4 is 5.91 Å². The van der Waals surface area contributed by atoms with Crippen molar-refractivity contribution in [1.29, 1.82) is 0 Å². The summed E-state index contributed by atoms with van der Waals surface area (Å²) in [7, 11) is 0. The van der Waals surface area contributed by atoms with Crippen LogP contribution < -0.4 is 16.0 Å². The van der Waals surface area contributed by atoms with E-state index in [0.717, 1.165) is 19.6 Å². The van der Waals surface area contributed by atoms with Crippen molar-refractivity contribution in [2.24, 2.45) is 5.92 Å². The molecule has 1 aliphatic heterocycles. The van der Waals surface area contributed by atoms with E-state index >= 15 is 0 Å². The third kappa shape index (κ3) is 6.08. The maximum absolute atomic E-state index is 11.5. The van der Waals surface area contributed by atoms with E-state index in [-0.39, 0.29) is 11.4 Å². The molecule has 3 N–H and O–H groups in total. The fraction of sp³-hybridized carbons (Fsp3) is 0.917. The number of amides is 1. The normalized spacial score (nSPS) is 21.8. The summed E-state index contributed by atoms with van der Waals surface area (Å²) in [6.07, 6.45) is 2.52. The second kappa shape index (κ2) is 6.21. The standard InChI is InChI=1S/C12H25N3O/c1-12(2,3)15-11(16)9-14-8-10-5-4-6-13-7-10/h10,13-14H,4-9H2,1-3H3,(H,15,16). The van der Waals surface area contributed by atoms with Gasteiger partial charge in [-0.05, 0) is 59.2 Å². The molecule has 94 valence electrons. The fourth-order valence-corrected chi connectivity index (χ4v) is 1.95. The molecule has 1 fully saturated rings. The quantitative estimate of drug-likeness (QED) is 0.655. The van der Waals surface area contributed by atoms with Gasteiger partial charge in [0.25, 0.3) is 0 Å². The van der Waals surface area contributed by atoms with Gasteiger partial charge in [0.05, 0.1) is 6.54 Å². The zero-order valence-corrected chi connectivity index (χ0v) is 10.7. The molecule has 4 nitrogen and oxygen atoms in total. The van der Waals surface area contributed by atoms with Crippen molar-refractivity contribution in [1.82, 2.24) is 16.0 Å². The van der Waals surface area contributed by atoms with E-state index in [4.69, 9.17) is 0 Å². The Morgan fingerprint density at radius 2 is 2.19 bits per heavy atom. The molecule has 0 aromatic carbocycles. The second-order valence-corrected chi connectivity index (χ2v) is 5.64. The predicted octanol–water partition coefficient (Wildman–Crippen LogP) is 0.490. The van der Waals surface area contributed by atoms with Crippen LogP contribution in [-0.2, 0) is 4.79 Å². The van der Waals surface area contributed by atoms with Crippen LogP contribution in [0.3, 0.4) is 0 Å². The van der Waals surface area contributed by atoms with E-state index in [1.807, 2.05) is 20.8 Å². The van der Waals surface area contributed by atoms with Gasteiger partial charge in [-0.15, -0.1) is 0 Å². The van der Waals surface area contributed by atoms with Crippen molar-refractivity contribution in [2.75, 3.05) is 26.2 Å². The van der Waals surface area contributed by atoms with Crippen molar-refractivity contribution in [3.63, 3.8) is 0 Å². The Morgan fingerprint density at radius 3 is 2.75 bits per heavy atom. The highest BCUT2D eigenvalue weighted by atomic mass is 16.2. The van der Waals surface area contributed by atoms with Gasteiger partial charge < -0.3 is 16.0 Å². The Morgan fingerprint density at radius 1 is 1.44 bits per heavy atom. The summed E-state index contributed by atoms with van der Waals surface area (Å²) < 4.78 is 0. The van der Waals surface area contributed by atoms with Gasteiger partial charge in [-0.1, -0.05) is 0 Å². The second-order valence-electron chi connectivity index (χ2n) is 5.64. The molecule has 16 heavy (non-hydrogen) atoms. The Kier molecular flexibility index (Phi) is 5.22. The van der Waals surface area contributed by atoms with Gasteiger partial charge in [-0.25, -0.2) is 0 Å². The monoisotopic (exact) mass is 227 g/mol. The van der Waals surface area contributed by atoms with Gasteiger partial charge in [0, 0.05) is 5.54 Å². The predicted molar refractivity (Wildman–Crippen MR) is 66.4 cm³/mol. The molecule has 0 aromatic rings. The van der Waals surface area contributed by atoms with Gasteiger partial charge in [0.1, 0.15) is 0 Å². The highest BCUT2D eigenvalue weighted by molar-refractivity contribution is 5.78. The smallest absolute Gasteiger partial charge is 0.234 e. The van der Waals surface area contributed by atoms with Gasteiger partial charge in [0.15, 0.2) is 0 Å². The lowest BCUT2D eigenvalue weighted by Gasteiger charge is -2.24. The first-order valence-electron chi connectivity index (χ1n) is 6.20. The van der Waals surface area contributed by atoms with Crippen LogP contribution in [0.25, 0.3) is 0 Å². The minimum Gasteiger partial charge on any atom is -0.350 e. The lowest BCUT2D eigenvalue weighted by atomic mass is 10.00. The summed E-state index contributed by atoms with van der Waals surface area (Å²) in [5.41, 5.74) is -0.134. The zero-order valence-electron chi connectivity index (χ0n) is 10.7. The zero-order chi connectivity index (χ0) is 12.0. The van der Waals surface area contributed by atoms with E-state index in [1.54, 1.807) is 0 Å². The van der Waals surface area contributed by atoms with Crippen molar-refractivity contribution < 1.29 is 4.79 Å². The van der Waals surface area contributed by atoms with Crippen LogP contribution in [0.2, 0.25) is 0 Å². The van der Waals surface area contributed by atoms with Crippen LogP contribution in [0, 0.1) is 5.92 Å². The minimum absolute atomic E-state index is 0.0799. The molecule has 4 heteroatoms. The molecule has 0 saturated carbocycles. The molecule has 0 aliphatic carbocycles. The Balaban J connectivity index is 2.08. The van der Waals surface area contributed by atoms with Crippen LogP contribution >= 0.6 is 0 Å². The SMILES string of the molecule is CC(C)(C)NC(=O)CNCC1CCCNC1. The first kappa shape index (κ1) is 13.5. The van der Waals surface area contributed by atoms with Gasteiger partial charge in [-0.2, -0.15) is 0 Å².